The van der Waals surface area contributed by atoms with Crippen LogP contribution in [0.25, 0.3) is 11.4 Å². The van der Waals surface area contributed by atoms with Gasteiger partial charge in [-0.15, -0.1) is 11.8 Å². The van der Waals surface area contributed by atoms with Crippen LogP contribution in [0.5, 0.6) is 17.4 Å². The topological polar surface area (TPSA) is 77.4 Å². The van der Waals surface area contributed by atoms with Gasteiger partial charge in [0.2, 0.25) is 5.88 Å². The Bertz CT molecular complexity index is 1370. The number of aromatic nitrogens is 3. The second-order valence-corrected chi connectivity index (χ2v) is 9.22. The average molecular weight is 472 g/mol. The molecular formula is C27H25N3O3S. The average Bonchev–Trinajstić information content (AvgIpc) is 2.86. The molecule has 0 amide bonds. The van der Waals surface area contributed by atoms with Gasteiger partial charge in [0, 0.05) is 35.1 Å². The molecule has 0 unspecified atom stereocenters. The summed E-state index contributed by atoms with van der Waals surface area (Å²) in [6, 6.07) is 16.2. The minimum absolute atomic E-state index is 0.0944. The summed E-state index contributed by atoms with van der Waals surface area (Å²) in [6.45, 7) is 3.87. The van der Waals surface area contributed by atoms with Crippen molar-refractivity contribution >= 4 is 11.8 Å². The van der Waals surface area contributed by atoms with Gasteiger partial charge in [-0.3, -0.25) is 4.98 Å². The van der Waals surface area contributed by atoms with Crippen LogP contribution in [0.3, 0.4) is 0 Å². The van der Waals surface area contributed by atoms with Crippen LogP contribution in [0.4, 0.5) is 0 Å². The monoisotopic (exact) mass is 471 g/mol. The highest BCUT2D eigenvalue weighted by atomic mass is 32.2. The summed E-state index contributed by atoms with van der Waals surface area (Å²) in [6.07, 6.45) is 2.30. The summed E-state index contributed by atoms with van der Waals surface area (Å²) in [7, 11) is 1.67. The number of fused-ring (bicyclic) bond motifs is 2. The first-order valence-corrected chi connectivity index (χ1v) is 12.0. The molecule has 172 valence electrons. The van der Waals surface area contributed by atoms with E-state index in [1.165, 1.54) is 0 Å². The summed E-state index contributed by atoms with van der Waals surface area (Å²) in [4.78, 5) is 14.2. The molecular weight excluding hydrogens is 446 g/mol. The van der Waals surface area contributed by atoms with Crippen molar-refractivity contribution in [3.05, 3.63) is 88.2 Å². The predicted molar refractivity (Wildman–Crippen MR) is 133 cm³/mol. The van der Waals surface area contributed by atoms with Crippen LogP contribution < -0.4 is 9.47 Å². The summed E-state index contributed by atoms with van der Waals surface area (Å²) in [5.74, 6) is 3.41. The summed E-state index contributed by atoms with van der Waals surface area (Å²) >= 11 is 1.65. The van der Waals surface area contributed by atoms with E-state index in [-0.39, 0.29) is 6.61 Å². The van der Waals surface area contributed by atoms with Gasteiger partial charge >= 0.3 is 0 Å². The fraction of sp³-hybridized carbons (Fsp3) is 0.222. The number of benzene rings is 2. The first kappa shape index (κ1) is 22.4. The third-order valence-electron chi connectivity index (χ3n) is 5.84. The maximum Gasteiger partial charge on any atom is 0.227 e. The second kappa shape index (κ2) is 9.44. The molecule has 2 aromatic carbocycles. The van der Waals surface area contributed by atoms with E-state index in [1.54, 1.807) is 25.1 Å². The molecule has 4 aromatic rings. The van der Waals surface area contributed by atoms with Crippen LogP contribution in [0.2, 0.25) is 0 Å². The number of ether oxygens (including phenoxy) is 2. The molecule has 1 aliphatic rings. The van der Waals surface area contributed by atoms with Gasteiger partial charge in [-0.2, -0.15) is 4.98 Å². The lowest BCUT2D eigenvalue weighted by Crippen LogP contribution is -2.13. The van der Waals surface area contributed by atoms with Crippen LogP contribution >= 0.6 is 11.8 Å². The Morgan fingerprint density at radius 3 is 2.71 bits per heavy atom. The van der Waals surface area contributed by atoms with Crippen LogP contribution in [-0.2, 0) is 18.8 Å². The zero-order valence-corrected chi connectivity index (χ0v) is 20.1. The third-order valence-corrected chi connectivity index (χ3v) is 6.93. The van der Waals surface area contributed by atoms with Crippen molar-refractivity contribution in [1.29, 1.82) is 0 Å². The number of aliphatic hydroxyl groups excluding tert-OH is 1. The molecule has 3 heterocycles. The Labute approximate surface area is 203 Å². The number of methoxy groups -OCH3 is 1. The molecule has 0 aliphatic carbocycles. The van der Waals surface area contributed by atoms with Crippen LogP contribution in [0.15, 0.2) is 59.8 Å². The minimum Gasteiger partial charge on any atom is -0.497 e. The van der Waals surface area contributed by atoms with E-state index in [2.05, 4.69) is 30.1 Å². The number of aryl methyl sites for hydroxylation is 2. The zero-order valence-electron chi connectivity index (χ0n) is 19.3. The molecule has 1 N–H and O–H groups in total. The van der Waals surface area contributed by atoms with Gasteiger partial charge in [-0.1, -0.05) is 35.9 Å². The fourth-order valence-corrected chi connectivity index (χ4v) is 5.01. The van der Waals surface area contributed by atoms with E-state index >= 15 is 0 Å². The lowest BCUT2D eigenvalue weighted by Gasteiger charge is -2.24. The van der Waals surface area contributed by atoms with E-state index < -0.39 is 0 Å². The van der Waals surface area contributed by atoms with E-state index in [0.717, 1.165) is 55.6 Å². The van der Waals surface area contributed by atoms with Crippen molar-refractivity contribution in [2.24, 2.45) is 0 Å². The lowest BCUT2D eigenvalue weighted by atomic mass is 9.99. The largest absolute Gasteiger partial charge is 0.497 e. The summed E-state index contributed by atoms with van der Waals surface area (Å²) < 4.78 is 11.7. The smallest absolute Gasteiger partial charge is 0.227 e. The summed E-state index contributed by atoms with van der Waals surface area (Å²) in [5, 5.41) is 10.7. The molecule has 34 heavy (non-hydrogen) atoms. The SMILES string of the molecule is COc1cccc(CSc2nc(-c3cccc(C)c3)nc3c2Cc2c(CO)cnc(C)c2O3)c1. The molecule has 0 saturated carbocycles. The van der Waals surface area contributed by atoms with Crippen molar-refractivity contribution in [3.63, 3.8) is 0 Å². The standard InChI is InChI=1S/C27H25N3O3S/c1-16-6-4-8-19(10-16)25-29-26-23(12-22-20(14-31)13-28-17(2)24(22)33-26)27(30-25)34-15-18-7-5-9-21(11-18)32-3/h4-11,13,31H,12,14-15H2,1-3H3. The number of thioether (sulfide) groups is 1. The van der Waals surface area contributed by atoms with E-state index in [1.807, 2.05) is 37.3 Å². The normalized spacial score (nSPS) is 12.0. The number of hydrogen-bond acceptors (Lipinski definition) is 7. The first-order valence-electron chi connectivity index (χ1n) is 11.1. The second-order valence-electron chi connectivity index (χ2n) is 8.26. The van der Waals surface area contributed by atoms with Crippen LogP contribution in [-0.4, -0.2) is 27.2 Å². The van der Waals surface area contributed by atoms with Crippen molar-refractivity contribution < 1.29 is 14.6 Å². The molecule has 7 heteroatoms. The van der Waals surface area contributed by atoms with Crippen molar-refractivity contribution in [2.45, 2.75) is 37.7 Å². The van der Waals surface area contributed by atoms with Crippen LogP contribution in [0, 0.1) is 13.8 Å². The fourth-order valence-electron chi connectivity index (χ4n) is 4.04. The van der Waals surface area contributed by atoms with Gasteiger partial charge in [0.15, 0.2) is 11.6 Å². The maximum atomic E-state index is 9.88. The Balaban J connectivity index is 1.58. The Morgan fingerprint density at radius 1 is 1.06 bits per heavy atom. The maximum absolute atomic E-state index is 9.88. The molecule has 5 rings (SSSR count). The van der Waals surface area contributed by atoms with Crippen molar-refractivity contribution in [2.75, 3.05) is 7.11 Å². The number of hydrogen-bond donors (Lipinski definition) is 1. The number of aliphatic hydroxyl groups is 1. The van der Waals surface area contributed by atoms with Crippen LogP contribution in [0.1, 0.15) is 33.5 Å². The minimum atomic E-state index is -0.0944. The highest BCUT2D eigenvalue weighted by Crippen LogP contribution is 2.43. The van der Waals surface area contributed by atoms with Gasteiger partial charge in [0.05, 0.1) is 25.0 Å². The van der Waals surface area contributed by atoms with Gasteiger partial charge in [0.1, 0.15) is 10.8 Å². The van der Waals surface area contributed by atoms with Crippen molar-refractivity contribution in [3.8, 4) is 28.8 Å². The number of nitrogens with zero attached hydrogens (tertiary/aromatic N) is 3. The van der Waals surface area contributed by atoms with Gasteiger partial charge < -0.3 is 14.6 Å². The summed E-state index contributed by atoms with van der Waals surface area (Å²) in [5.41, 5.74) is 6.64. The Hall–Kier alpha value is -3.42. The quantitative estimate of drug-likeness (QED) is 0.253. The molecule has 0 spiro atoms. The predicted octanol–water partition coefficient (Wildman–Crippen LogP) is 5.65. The van der Waals surface area contributed by atoms with E-state index in [4.69, 9.17) is 19.4 Å². The molecule has 0 atom stereocenters. The van der Waals surface area contributed by atoms with Gasteiger partial charge in [-0.25, -0.2) is 4.98 Å². The molecule has 0 saturated heterocycles. The highest BCUT2D eigenvalue weighted by Gasteiger charge is 2.27. The number of rotatable bonds is 6. The Morgan fingerprint density at radius 2 is 1.91 bits per heavy atom. The van der Waals surface area contributed by atoms with E-state index in [9.17, 15) is 5.11 Å². The zero-order chi connectivity index (χ0) is 23.7. The third kappa shape index (κ3) is 4.36. The van der Waals surface area contributed by atoms with Crippen molar-refractivity contribution in [1.82, 2.24) is 15.0 Å². The molecule has 0 bridgehead atoms. The van der Waals surface area contributed by atoms with Gasteiger partial charge in [0.25, 0.3) is 0 Å². The molecule has 6 nitrogen and oxygen atoms in total. The molecule has 0 fully saturated rings. The molecule has 0 radical (unpaired) electrons. The van der Waals surface area contributed by atoms with Gasteiger partial charge in [-0.05, 0) is 37.6 Å². The molecule has 2 aromatic heterocycles. The van der Waals surface area contributed by atoms with E-state index in [0.29, 0.717) is 23.9 Å². The Kier molecular flexibility index (Phi) is 6.22. The first-order chi connectivity index (χ1) is 16.6. The number of pyridine rings is 1. The molecule has 1 aliphatic heterocycles. The highest BCUT2D eigenvalue weighted by molar-refractivity contribution is 7.98. The lowest BCUT2D eigenvalue weighted by molar-refractivity contribution is 0.278.